The lowest BCUT2D eigenvalue weighted by atomic mass is 10.4. The third kappa shape index (κ3) is 1.42. The number of aromatic nitrogens is 1. The Hall–Kier alpha value is -0.0800. The Morgan fingerprint density at radius 3 is 2.82 bits per heavy atom. The van der Waals surface area contributed by atoms with Gasteiger partial charge in [0.05, 0.1) is 16.6 Å². The van der Waals surface area contributed by atoms with E-state index in [2.05, 4.69) is 4.98 Å². The summed E-state index contributed by atoms with van der Waals surface area (Å²) < 4.78 is 0. The zero-order valence-corrected chi connectivity index (χ0v) is 8.00. The van der Waals surface area contributed by atoms with Crippen molar-refractivity contribution in [2.75, 3.05) is 0 Å². The van der Waals surface area contributed by atoms with E-state index >= 15 is 0 Å². The summed E-state index contributed by atoms with van der Waals surface area (Å²) in [5, 5.41) is 1.30. The van der Waals surface area contributed by atoms with Crippen LogP contribution in [0.15, 0.2) is 0 Å². The number of aryl methyl sites for hydroxylation is 1. The van der Waals surface area contributed by atoms with Gasteiger partial charge in [-0.05, 0) is 19.8 Å². The standard InChI is InChI=1S/C8H10ClNS/c1-5-7(4-9)11-8(10-5)6-2-3-6/h6H,2-4H2,1H3. The number of alkyl halides is 1. The highest BCUT2D eigenvalue weighted by molar-refractivity contribution is 7.12. The third-order valence-electron chi connectivity index (χ3n) is 1.96. The SMILES string of the molecule is Cc1nc(C2CC2)sc1CCl. The third-order valence-corrected chi connectivity index (χ3v) is 3.70. The summed E-state index contributed by atoms with van der Waals surface area (Å²) in [6, 6.07) is 0. The molecular formula is C8H10ClNS. The molecule has 3 heteroatoms. The van der Waals surface area contributed by atoms with Crippen LogP contribution in [-0.4, -0.2) is 4.98 Å². The topological polar surface area (TPSA) is 12.9 Å². The summed E-state index contributed by atoms with van der Waals surface area (Å²) in [7, 11) is 0. The van der Waals surface area contributed by atoms with Crippen LogP contribution < -0.4 is 0 Å². The molecule has 1 nitrogen and oxygen atoms in total. The smallest absolute Gasteiger partial charge is 0.0962 e. The number of halogens is 1. The second-order valence-corrected chi connectivity index (χ2v) is 4.35. The number of nitrogens with zero attached hydrogens (tertiary/aromatic N) is 1. The molecule has 60 valence electrons. The van der Waals surface area contributed by atoms with Gasteiger partial charge in [-0.3, -0.25) is 0 Å². The normalized spacial score (nSPS) is 17.3. The predicted octanol–water partition coefficient (Wildman–Crippen LogP) is 3.07. The van der Waals surface area contributed by atoms with Crippen LogP contribution in [0.25, 0.3) is 0 Å². The van der Waals surface area contributed by atoms with E-state index in [0.29, 0.717) is 5.88 Å². The minimum Gasteiger partial charge on any atom is -0.246 e. The minimum atomic E-state index is 0.621. The van der Waals surface area contributed by atoms with Crippen LogP contribution in [0.4, 0.5) is 0 Å². The lowest BCUT2D eigenvalue weighted by Gasteiger charge is -1.84. The van der Waals surface area contributed by atoms with E-state index in [4.69, 9.17) is 11.6 Å². The van der Waals surface area contributed by atoms with Gasteiger partial charge < -0.3 is 0 Å². The molecule has 0 radical (unpaired) electrons. The first-order chi connectivity index (χ1) is 5.31. The summed E-state index contributed by atoms with van der Waals surface area (Å²) >= 11 is 7.53. The van der Waals surface area contributed by atoms with E-state index in [0.717, 1.165) is 11.6 Å². The number of thiazole rings is 1. The van der Waals surface area contributed by atoms with E-state index in [1.165, 1.54) is 22.7 Å². The predicted molar refractivity (Wildman–Crippen MR) is 48.4 cm³/mol. The molecular weight excluding hydrogens is 178 g/mol. The fourth-order valence-corrected chi connectivity index (χ4v) is 2.52. The first-order valence-corrected chi connectivity index (χ1v) is 5.18. The maximum Gasteiger partial charge on any atom is 0.0962 e. The average molecular weight is 188 g/mol. The summed E-state index contributed by atoms with van der Waals surface area (Å²) in [4.78, 5) is 5.72. The Morgan fingerprint density at radius 2 is 2.36 bits per heavy atom. The fraction of sp³-hybridized carbons (Fsp3) is 0.625. The Kier molecular flexibility index (Phi) is 1.90. The van der Waals surface area contributed by atoms with Crippen LogP contribution in [0.2, 0.25) is 0 Å². The maximum atomic E-state index is 5.74. The average Bonchev–Trinajstić information content (AvgIpc) is 2.76. The minimum absolute atomic E-state index is 0.621. The van der Waals surface area contributed by atoms with Gasteiger partial charge >= 0.3 is 0 Å². The van der Waals surface area contributed by atoms with Gasteiger partial charge in [0.1, 0.15) is 0 Å². The summed E-state index contributed by atoms with van der Waals surface area (Å²) in [5.41, 5.74) is 1.13. The number of rotatable bonds is 2. The van der Waals surface area contributed by atoms with Crippen LogP contribution in [0.1, 0.15) is 34.3 Å². The molecule has 0 aromatic carbocycles. The van der Waals surface area contributed by atoms with Crippen LogP contribution in [-0.2, 0) is 5.88 Å². The fourth-order valence-electron chi connectivity index (χ4n) is 1.08. The highest BCUT2D eigenvalue weighted by Gasteiger charge is 2.27. The van der Waals surface area contributed by atoms with E-state index in [1.807, 2.05) is 6.92 Å². The molecule has 0 amide bonds. The first kappa shape index (κ1) is 7.56. The van der Waals surface area contributed by atoms with Gasteiger partial charge in [-0.25, -0.2) is 4.98 Å². The van der Waals surface area contributed by atoms with Gasteiger partial charge in [0.15, 0.2) is 0 Å². The lowest BCUT2D eigenvalue weighted by molar-refractivity contribution is 1.05. The van der Waals surface area contributed by atoms with Gasteiger partial charge in [-0.15, -0.1) is 22.9 Å². The van der Waals surface area contributed by atoms with Crippen LogP contribution in [0.5, 0.6) is 0 Å². The highest BCUT2D eigenvalue weighted by Crippen LogP contribution is 2.42. The van der Waals surface area contributed by atoms with Gasteiger partial charge in [-0.2, -0.15) is 0 Å². The highest BCUT2D eigenvalue weighted by atomic mass is 35.5. The van der Waals surface area contributed by atoms with Crippen molar-refractivity contribution in [2.24, 2.45) is 0 Å². The van der Waals surface area contributed by atoms with Gasteiger partial charge in [0.2, 0.25) is 0 Å². The van der Waals surface area contributed by atoms with Crippen molar-refractivity contribution in [3.8, 4) is 0 Å². The Bertz CT molecular complexity index is 265. The van der Waals surface area contributed by atoms with Crippen LogP contribution in [0, 0.1) is 6.92 Å². The molecule has 11 heavy (non-hydrogen) atoms. The molecule has 0 unspecified atom stereocenters. The zero-order valence-electron chi connectivity index (χ0n) is 6.43. The van der Waals surface area contributed by atoms with Gasteiger partial charge in [0, 0.05) is 10.8 Å². The molecule has 0 aliphatic heterocycles. The molecule has 0 bridgehead atoms. The van der Waals surface area contributed by atoms with Crippen molar-refractivity contribution in [2.45, 2.75) is 31.6 Å². The Labute approximate surface area is 75.4 Å². The molecule has 2 rings (SSSR count). The molecule has 0 spiro atoms. The van der Waals surface area contributed by atoms with E-state index in [-0.39, 0.29) is 0 Å². The van der Waals surface area contributed by atoms with E-state index in [1.54, 1.807) is 11.3 Å². The van der Waals surface area contributed by atoms with Crippen molar-refractivity contribution in [3.05, 3.63) is 15.6 Å². The van der Waals surface area contributed by atoms with Crippen molar-refractivity contribution in [3.63, 3.8) is 0 Å². The molecule has 1 saturated carbocycles. The monoisotopic (exact) mass is 187 g/mol. The van der Waals surface area contributed by atoms with Crippen LogP contribution in [0.3, 0.4) is 0 Å². The molecule has 1 aliphatic rings. The lowest BCUT2D eigenvalue weighted by Crippen LogP contribution is -1.77. The summed E-state index contributed by atoms with van der Waals surface area (Å²) in [5.74, 6) is 1.40. The van der Waals surface area contributed by atoms with Gasteiger partial charge in [-0.1, -0.05) is 0 Å². The summed E-state index contributed by atoms with van der Waals surface area (Å²) in [6.45, 7) is 2.04. The molecule has 0 saturated heterocycles. The van der Waals surface area contributed by atoms with Crippen molar-refractivity contribution >= 4 is 22.9 Å². The molecule has 1 fully saturated rings. The van der Waals surface area contributed by atoms with E-state index in [9.17, 15) is 0 Å². The molecule has 1 aromatic rings. The Balaban J connectivity index is 2.28. The zero-order chi connectivity index (χ0) is 7.84. The summed E-state index contributed by atoms with van der Waals surface area (Å²) in [6.07, 6.45) is 2.66. The van der Waals surface area contributed by atoms with Crippen molar-refractivity contribution in [1.82, 2.24) is 4.98 Å². The molecule has 1 aromatic heterocycles. The van der Waals surface area contributed by atoms with Crippen LogP contribution >= 0.6 is 22.9 Å². The molecule has 1 heterocycles. The first-order valence-electron chi connectivity index (χ1n) is 3.83. The van der Waals surface area contributed by atoms with E-state index < -0.39 is 0 Å². The quantitative estimate of drug-likeness (QED) is 0.649. The Morgan fingerprint density at radius 1 is 1.64 bits per heavy atom. The van der Waals surface area contributed by atoms with Gasteiger partial charge in [0.25, 0.3) is 0 Å². The molecule has 1 aliphatic carbocycles. The number of hydrogen-bond donors (Lipinski definition) is 0. The second kappa shape index (κ2) is 2.76. The molecule has 0 atom stereocenters. The number of hydrogen-bond acceptors (Lipinski definition) is 2. The van der Waals surface area contributed by atoms with Crippen molar-refractivity contribution < 1.29 is 0 Å². The molecule has 0 N–H and O–H groups in total. The maximum absolute atomic E-state index is 5.74. The van der Waals surface area contributed by atoms with Crippen molar-refractivity contribution in [1.29, 1.82) is 0 Å². The second-order valence-electron chi connectivity index (χ2n) is 2.97. The largest absolute Gasteiger partial charge is 0.246 e.